The summed E-state index contributed by atoms with van der Waals surface area (Å²) in [4.78, 5) is 15.3. The number of thiazole rings is 1. The fourth-order valence-corrected chi connectivity index (χ4v) is 2.13. The van der Waals surface area contributed by atoms with Crippen LogP contribution < -0.4 is 5.01 Å². The number of benzene rings is 1. The van der Waals surface area contributed by atoms with Crippen LogP contribution in [0.3, 0.4) is 0 Å². The first-order valence-electron chi connectivity index (χ1n) is 5.46. The number of hydrazone groups is 1. The molecule has 0 bridgehead atoms. The summed E-state index contributed by atoms with van der Waals surface area (Å²) < 4.78 is 0. The minimum atomic E-state index is -0.0818. The number of rotatable bonds is 4. The number of carbonyl (C=O) groups is 1. The Bertz CT molecular complexity index is 563. The average molecular weight is 259 g/mol. The minimum Gasteiger partial charge on any atom is -0.293 e. The molecular formula is C13H13N3OS. The molecule has 1 heterocycles. The van der Waals surface area contributed by atoms with Gasteiger partial charge in [-0.25, -0.2) is 9.99 Å². The SMILES string of the molecule is CC(=O)/C=N\N(C)c1nc(-c2ccccc2)cs1. The summed E-state index contributed by atoms with van der Waals surface area (Å²) in [5.74, 6) is -0.0818. The average Bonchev–Trinajstić information content (AvgIpc) is 2.86. The van der Waals surface area contributed by atoms with Crippen LogP contribution in [0.25, 0.3) is 11.3 Å². The third-order valence-electron chi connectivity index (χ3n) is 2.25. The molecule has 0 spiro atoms. The minimum absolute atomic E-state index is 0.0818. The molecule has 0 saturated heterocycles. The first kappa shape index (κ1) is 12.4. The van der Waals surface area contributed by atoms with Crippen molar-refractivity contribution in [3.63, 3.8) is 0 Å². The van der Waals surface area contributed by atoms with E-state index in [1.165, 1.54) is 24.5 Å². The lowest BCUT2D eigenvalue weighted by atomic mass is 10.2. The van der Waals surface area contributed by atoms with Gasteiger partial charge in [0.25, 0.3) is 0 Å². The van der Waals surface area contributed by atoms with Gasteiger partial charge in [0.2, 0.25) is 5.13 Å². The zero-order valence-electron chi connectivity index (χ0n) is 10.2. The fraction of sp³-hybridized carbons (Fsp3) is 0.154. The summed E-state index contributed by atoms with van der Waals surface area (Å²) in [6.07, 6.45) is 1.28. The highest BCUT2D eigenvalue weighted by Crippen LogP contribution is 2.26. The molecule has 0 aliphatic rings. The van der Waals surface area contributed by atoms with Gasteiger partial charge in [0.15, 0.2) is 5.78 Å². The second-order valence-corrected chi connectivity index (χ2v) is 4.60. The highest BCUT2D eigenvalue weighted by Gasteiger charge is 2.07. The predicted molar refractivity (Wildman–Crippen MR) is 75.1 cm³/mol. The number of hydrogen-bond donors (Lipinski definition) is 0. The highest BCUT2D eigenvalue weighted by molar-refractivity contribution is 7.14. The van der Waals surface area contributed by atoms with E-state index in [0.717, 1.165) is 16.4 Å². The monoisotopic (exact) mass is 259 g/mol. The second-order valence-electron chi connectivity index (χ2n) is 3.76. The van der Waals surface area contributed by atoms with Gasteiger partial charge in [-0.05, 0) is 0 Å². The van der Waals surface area contributed by atoms with E-state index < -0.39 is 0 Å². The van der Waals surface area contributed by atoms with E-state index in [1.807, 2.05) is 35.7 Å². The largest absolute Gasteiger partial charge is 0.293 e. The van der Waals surface area contributed by atoms with Crippen molar-refractivity contribution in [2.45, 2.75) is 6.92 Å². The van der Waals surface area contributed by atoms with Crippen LogP contribution in [0, 0.1) is 0 Å². The summed E-state index contributed by atoms with van der Waals surface area (Å²) in [5.41, 5.74) is 1.99. The van der Waals surface area contributed by atoms with Crippen molar-refractivity contribution in [2.75, 3.05) is 12.1 Å². The highest BCUT2D eigenvalue weighted by atomic mass is 32.1. The molecule has 0 unspecified atom stereocenters. The lowest BCUT2D eigenvalue weighted by Crippen LogP contribution is -2.09. The van der Waals surface area contributed by atoms with Crippen molar-refractivity contribution in [3.8, 4) is 11.3 Å². The maximum absolute atomic E-state index is 10.8. The topological polar surface area (TPSA) is 45.6 Å². The van der Waals surface area contributed by atoms with E-state index in [0.29, 0.717) is 0 Å². The molecule has 0 amide bonds. The molecule has 5 heteroatoms. The molecule has 2 rings (SSSR count). The molecule has 18 heavy (non-hydrogen) atoms. The Morgan fingerprint density at radius 1 is 1.39 bits per heavy atom. The van der Waals surface area contributed by atoms with Crippen molar-refractivity contribution in [3.05, 3.63) is 35.7 Å². The van der Waals surface area contributed by atoms with E-state index in [-0.39, 0.29) is 5.78 Å². The molecule has 92 valence electrons. The maximum atomic E-state index is 10.8. The van der Waals surface area contributed by atoms with Gasteiger partial charge in [0.05, 0.1) is 11.9 Å². The molecule has 1 aromatic carbocycles. The molecule has 0 aliphatic heterocycles. The van der Waals surface area contributed by atoms with Crippen LogP contribution in [0.2, 0.25) is 0 Å². The number of nitrogens with zero attached hydrogens (tertiary/aromatic N) is 3. The van der Waals surface area contributed by atoms with Crippen LogP contribution in [0.1, 0.15) is 6.92 Å². The lowest BCUT2D eigenvalue weighted by molar-refractivity contribution is -0.110. The van der Waals surface area contributed by atoms with E-state index in [4.69, 9.17) is 0 Å². The van der Waals surface area contributed by atoms with Gasteiger partial charge in [0, 0.05) is 24.9 Å². The molecule has 0 saturated carbocycles. The second kappa shape index (κ2) is 5.55. The Morgan fingerprint density at radius 2 is 2.11 bits per heavy atom. The zero-order chi connectivity index (χ0) is 13.0. The zero-order valence-corrected chi connectivity index (χ0v) is 11.0. The number of anilines is 1. The molecule has 0 fully saturated rings. The summed E-state index contributed by atoms with van der Waals surface area (Å²) in [5, 5.41) is 8.34. The summed E-state index contributed by atoms with van der Waals surface area (Å²) in [7, 11) is 1.77. The number of Topliss-reactive ketones (excluding diaryl/α,β-unsaturated/α-hetero) is 1. The third-order valence-corrected chi connectivity index (χ3v) is 3.16. The van der Waals surface area contributed by atoms with Crippen LogP contribution in [-0.2, 0) is 4.79 Å². The van der Waals surface area contributed by atoms with Crippen LogP contribution in [0.4, 0.5) is 5.13 Å². The van der Waals surface area contributed by atoms with Crippen molar-refractivity contribution in [1.82, 2.24) is 4.98 Å². The molecule has 0 radical (unpaired) electrons. The van der Waals surface area contributed by atoms with Gasteiger partial charge in [-0.1, -0.05) is 30.3 Å². The molecule has 1 aromatic heterocycles. The molecule has 0 aliphatic carbocycles. The predicted octanol–water partition coefficient (Wildman–Crippen LogP) is 2.82. The summed E-state index contributed by atoms with van der Waals surface area (Å²) >= 11 is 1.49. The molecular weight excluding hydrogens is 246 g/mol. The number of carbonyl (C=O) groups excluding carboxylic acids is 1. The quantitative estimate of drug-likeness (QED) is 0.626. The fourth-order valence-electron chi connectivity index (χ4n) is 1.37. The van der Waals surface area contributed by atoms with Gasteiger partial charge >= 0.3 is 0 Å². The summed E-state index contributed by atoms with van der Waals surface area (Å²) in [6, 6.07) is 9.95. The van der Waals surface area contributed by atoms with Gasteiger partial charge in [-0.3, -0.25) is 4.79 Å². The third kappa shape index (κ3) is 3.01. The lowest BCUT2D eigenvalue weighted by Gasteiger charge is -2.06. The number of aromatic nitrogens is 1. The number of hydrogen-bond acceptors (Lipinski definition) is 5. The van der Waals surface area contributed by atoms with Crippen LogP contribution in [0.15, 0.2) is 40.8 Å². The van der Waals surface area contributed by atoms with Gasteiger partial charge < -0.3 is 0 Å². The first-order valence-corrected chi connectivity index (χ1v) is 6.34. The van der Waals surface area contributed by atoms with Gasteiger partial charge in [0.1, 0.15) is 0 Å². The first-order chi connectivity index (χ1) is 8.66. The van der Waals surface area contributed by atoms with Crippen LogP contribution >= 0.6 is 11.3 Å². The normalized spacial score (nSPS) is 10.8. The van der Waals surface area contributed by atoms with Gasteiger partial charge in [-0.2, -0.15) is 5.10 Å². The standard InChI is InChI=1S/C13H13N3OS/c1-10(17)8-14-16(2)13-15-12(9-18-13)11-6-4-3-5-7-11/h3-9H,1-2H3/b14-8-. The molecule has 0 N–H and O–H groups in total. The van der Waals surface area contributed by atoms with Crippen LogP contribution in [0.5, 0.6) is 0 Å². The molecule has 4 nitrogen and oxygen atoms in total. The summed E-state index contributed by atoms with van der Waals surface area (Å²) in [6.45, 7) is 1.47. The number of ketones is 1. The maximum Gasteiger partial charge on any atom is 0.206 e. The van der Waals surface area contributed by atoms with Crippen molar-refractivity contribution >= 4 is 28.5 Å². The van der Waals surface area contributed by atoms with E-state index in [9.17, 15) is 4.79 Å². The Labute approximate surface area is 110 Å². The van der Waals surface area contributed by atoms with Crippen molar-refractivity contribution in [1.29, 1.82) is 0 Å². The van der Waals surface area contributed by atoms with Crippen molar-refractivity contribution < 1.29 is 4.79 Å². The Morgan fingerprint density at radius 3 is 2.78 bits per heavy atom. The molecule has 0 atom stereocenters. The van der Waals surface area contributed by atoms with E-state index in [1.54, 1.807) is 12.1 Å². The Kier molecular flexibility index (Phi) is 3.84. The van der Waals surface area contributed by atoms with Crippen molar-refractivity contribution in [2.24, 2.45) is 5.10 Å². The van der Waals surface area contributed by atoms with Gasteiger partial charge in [-0.15, -0.1) is 11.3 Å². The van der Waals surface area contributed by atoms with E-state index >= 15 is 0 Å². The smallest absolute Gasteiger partial charge is 0.206 e. The Balaban J connectivity index is 2.18. The molecule has 2 aromatic rings. The van der Waals surface area contributed by atoms with E-state index in [2.05, 4.69) is 10.1 Å². The van der Waals surface area contributed by atoms with Crippen LogP contribution in [-0.4, -0.2) is 24.0 Å². The Hall–Kier alpha value is -2.01.